The van der Waals surface area contributed by atoms with E-state index < -0.39 is 0 Å². The van der Waals surface area contributed by atoms with Crippen LogP contribution in [0.15, 0.2) is 11.4 Å². The van der Waals surface area contributed by atoms with Crippen molar-refractivity contribution < 1.29 is 9.53 Å². The Morgan fingerprint density at radius 2 is 2.29 bits per heavy atom. The summed E-state index contributed by atoms with van der Waals surface area (Å²) in [7, 11) is 1.74. The van der Waals surface area contributed by atoms with Crippen molar-refractivity contribution in [1.29, 1.82) is 0 Å². The fourth-order valence-corrected chi connectivity index (χ4v) is 3.46. The summed E-state index contributed by atoms with van der Waals surface area (Å²) in [4.78, 5) is 14.1. The summed E-state index contributed by atoms with van der Waals surface area (Å²) in [5.41, 5.74) is 0.838. The van der Waals surface area contributed by atoms with Crippen LogP contribution < -0.4 is 0 Å². The van der Waals surface area contributed by atoms with Gasteiger partial charge >= 0.3 is 0 Å². The maximum Gasteiger partial charge on any atom is 0.254 e. The van der Waals surface area contributed by atoms with Crippen LogP contribution in [0.1, 0.15) is 23.2 Å². The molecule has 0 bridgehead atoms. The van der Waals surface area contributed by atoms with Crippen LogP contribution in [-0.4, -0.2) is 37.6 Å². The Morgan fingerprint density at radius 3 is 2.82 bits per heavy atom. The van der Waals surface area contributed by atoms with Gasteiger partial charge in [0.1, 0.15) is 0 Å². The van der Waals surface area contributed by atoms with E-state index in [2.05, 4.69) is 22.6 Å². The molecule has 1 aliphatic rings. The molecule has 0 aliphatic carbocycles. The van der Waals surface area contributed by atoms with Crippen LogP contribution >= 0.6 is 33.9 Å². The maximum atomic E-state index is 12.2. The summed E-state index contributed by atoms with van der Waals surface area (Å²) in [5.74, 6) is 0.798. The Hall–Kier alpha value is -0.140. The van der Waals surface area contributed by atoms with Crippen LogP contribution in [0.2, 0.25) is 0 Å². The van der Waals surface area contributed by atoms with Gasteiger partial charge in [-0.15, -0.1) is 11.3 Å². The number of methoxy groups -OCH3 is 1. The molecule has 3 nitrogen and oxygen atoms in total. The van der Waals surface area contributed by atoms with Gasteiger partial charge in [0, 0.05) is 32.2 Å². The van der Waals surface area contributed by atoms with E-state index in [0.29, 0.717) is 5.92 Å². The average molecular weight is 365 g/mol. The quantitative estimate of drug-likeness (QED) is 0.771. The third-order valence-corrected chi connectivity index (χ3v) is 4.91. The summed E-state index contributed by atoms with van der Waals surface area (Å²) >= 11 is 3.87. The van der Waals surface area contributed by atoms with E-state index in [9.17, 15) is 4.79 Å². The van der Waals surface area contributed by atoms with Crippen molar-refractivity contribution in [3.05, 3.63) is 19.9 Å². The number of carbonyl (C=O) groups excluding carboxylic acids is 1. The van der Waals surface area contributed by atoms with Gasteiger partial charge in [0.25, 0.3) is 5.91 Å². The number of ether oxygens (including phenoxy) is 1. The molecular formula is C12H16INO2S. The van der Waals surface area contributed by atoms with E-state index in [1.807, 2.05) is 16.3 Å². The van der Waals surface area contributed by atoms with E-state index in [1.165, 1.54) is 2.88 Å². The first-order chi connectivity index (χ1) is 8.20. The highest BCUT2D eigenvalue weighted by Gasteiger charge is 2.23. The minimum Gasteiger partial charge on any atom is -0.384 e. The van der Waals surface area contributed by atoms with Crippen LogP contribution in [-0.2, 0) is 4.74 Å². The molecule has 0 unspecified atom stereocenters. The predicted octanol–water partition coefficient (Wildman–Crippen LogP) is 2.85. The second-order valence-corrected chi connectivity index (χ2v) is 7.14. The SMILES string of the molecule is COCC1CCN(C(=O)c2csc(I)c2)CC1. The molecule has 2 heterocycles. The third-order valence-electron chi connectivity index (χ3n) is 3.12. The van der Waals surface area contributed by atoms with Gasteiger partial charge in [0.05, 0.1) is 8.45 Å². The lowest BCUT2D eigenvalue weighted by molar-refractivity contribution is 0.0614. The lowest BCUT2D eigenvalue weighted by Crippen LogP contribution is -2.39. The molecule has 94 valence electrons. The molecular weight excluding hydrogens is 349 g/mol. The molecule has 5 heteroatoms. The predicted molar refractivity (Wildman–Crippen MR) is 77.5 cm³/mol. The van der Waals surface area contributed by atoms with Crippen molar-refractivity contribution in [3.63, 3.8) is 0 Å². The zero-order valence-corrected chi connectivity index (χ0v) is 12.8. The van der Waals surface area contributed by atoms with E-state index in [0.717, 1.165) is 38.1 Å². The fourth-order valence-electron chi connectivity index (χ4n) is 2.14. The number of hydrogen-bond donors (Lipinski definition) is 0. The first-order valence-electron chi connectivity index (χ1n) is 5.73. The van der Waals surface area contributed by atoms with Crippen LogP contribution in [0.5, 0.6) is 0 Å². The summed E-state index contributed by atoms with van der Waals surface area (Å²) in [6.07, 6.45) is 2.11. The van der Waals surface area contributed by atoms with Gasteiger partial charge in [-0.2, -0.15) is 0 Å². The number of halogens is 1. The minimum absolute atomic E-state index is 0.181. The first-order valence-corrected chi connectivity index (χ1v) is 7.69. The number of nitrogens with zero attached hydrogens (tertiary/aromatic N) is 1. The normalized spacial score (nSPS) is 17.4. The maximum absolute atomic E-state index is 12.2. The molecule has 0 radical (unpaired) electrons. The van der Waals surface area contributed by atoms with Gasteiger partial charge in [0.2, 0.25) is 0 Å². The number of rotatable bonds is 3. The summed E-state index contributed by atoms with van der Waals surface area (Å²) in [6.45, 7) is 2.54. The van der Waals surface area contributed by atoms with Crippen molar-refractivity contribution in [2.45, 2.75) is 12.8 Å². The molecule has 1 saturated heterocycles. The molecule has 0 saturated carbocycles. The van der Waals surface area contributed by atoms with Gasteiger partial charge in [-0.25, -0.2) is 0 Å². The largest absolute Gasteiger partial charge is 0.384 e. The van der Waals surface area contributed by atoms with Crippen molar-refractivity contribution >= 4 is 39.8 Å². The second kappa shape index (κ2) is 6.15. The molecule has 0 atom stereocenters. The summed E-state index contributed by atoms with van der Waals surface area (Å²) in [5, 5.41) is 1.95. The molecule has 0 spiro atoms. The molecule has 0 N–H and O–H groups in total. The van der Waals surface area contributed by atoms with E-state index in [1.54, 1.807) is 18.4 Å². The number of thiophene rings is 1. The van der Waals surface area contributed by atoms with Gasteiger partial charge in [-0.3, -0.25) is 4.79 Å². The first kappa shape index (κ1) is 13.3. The van der Waals surface area contributed by atoms with Crippen LogP contribution in [0, 0.1) is 8.80 Å². The van der Waals surface area contributed by atoms with Crippen LogP contribution in [0.25, 0.3) is 0 Å². The molecule has 17 heavy (non-hydrogen) atoms. The van der Waals surface area contributed by atoms with Gasteiger partial charge in [-0.05, 0) is 47.4 Å². The lowest BCUT2D eigenvalue weighted by atomic mass is 9.97. The highest BCUT2D eigenvalue weighted by molar-refractivity contribution is 14.1. The van der Waals surface area contributed by atoms with Gasteiger partial charge in [0.15, 0.2) is 0 Å². The Balaban J connectivity index is 1.90. The van der Waals surface area contributed by atoms with E-state index in [-0.39, 0.29) is 5.91 Å². The average Bonchev–Trinajstić information content (AvgIpc) is 2.76. The van der Waals surface area contributed by atoms with Gasteiger partial charge < -0.3 is 9.64 Å². The number of piperidine rings is 1. The molecule has 1 aromatic rings. The third kappa shape index (κ3) is 3.42. The molecule has 1 aromatic heterocycles. The Morgan fingerprint density at radius 1 is 1.59 bits per heavy atom. The van der Waals surface area contributed by atoms with Crippen molar-refractivity contribution in [1.82, 2.24) is 4.90 Å². The zero-order chi connectivity index (χ0) is 12.3. The Kier molecular flexibility index (Phi) is 4.81. The highest BCUT2D eigenvalue weighted by atomic mass is 127. The Labute approximate surface area is 119 Å². The molecule has 0 aromatic carbocycles. The lowest BCUT2D eigenvalue weighted by Gasteiger charge is -2.31. The summed E-state index contributed by atoms with van der Waals surface area (Å²) < 4.78 is 6.33. The minimum atomic E-state index is 0.181. The van der Waals surface area contributed by atoms with Crippen LogP contribution in [0.3, 0.4) is 0 Å². The number of carbonyl (C=O) groups is 1. The van der Waals surface area contributed by atoms with Crippen LogP contribution in [0.4, 0.5) is 0 Å². The number of likely N-dealkylation sites (tertiary alicyclic amines) is 1. The zero-order valence-electron chi connectivity index (χ0n) is 9.82. The van der Waals surface area contributed by atoms with E-state index >= 15 is 0 Å². The second-order valence-electron chi connectivity index (χ2n) is 4.33. The molecule has 2 rings (SSSR count). The molecule has 1 aliphatic heterocycles. The summed E-state index contributed by atoms with van der Waals surface area (Å²) in [6, 6.07) is 1.97. The highest BCUT2D eigenvalue weighted by Crippen LogP contribution is 2.22. The Bertz CT molecular complexity index is 386. The smallest absolute Gasteiger partial charge is 0.254 e. The molecule has 1 fully saturated rings. The van der Waals surface area contributed by atoms with Gasteiger partial charge in [-0.1, -0.05) is 0 Å². The monoisotopic (exact) mass is 365 g/mol. The van der Waals surface area contributed by atoms with Crippen molar-refractivity contribution in [3.8, 4) is 0 Å². The number of hydrogen-bond acceptors (Lipinski definition) is 3. The molecule has 1 amide bonds. The number of amides is 1. The van der Waals surface area contributed by atoms with E-state index in [4.69, 9.17) is 4.74 Å². The standard InChI is InChI=1S/C12H16INO2S/c1-16-7-9-2-4-14(5-3-9)12(15)10-6-11(13)17-8-10/h6,8-9H,2-5,7H2,1H3. The fraction of sp³-hybridized carbons (Fsp3) is 0.583. The van der Waals surface area contributed by atoms with Crippen molar-refractivity contribution in [2.75, 3.05) is 26.8 Å². The van der Waals surface area contributed by atoms with Crippen molar-refractivity contribution in [2.24, 2.45) is 5.92 Å². The topological polar surface area (TPSA) is 29.5 Å².